The molecule has 1 atom stereocenters. The molecule has 1 aromatic heterocycles. The van der Waals surface area contributed by atoms with Crippen molar-refractivity contribution < 1.29 is 54.7 Å². The average Bonchev–Trinajstić information content (AvgIpc) is 3.63. The van der Waals surface area contributed by atoms with Gasteiger partial charge in [0, 0.05) is 32.7 Å². The third-order valence-electron chi connectivity index (χ3n) is 9.14. The number of carboxylic acid groups (broad SMARTS) is 1. The number of fused-ring (bicyclic) bond motifs is 3. The number of ketones is 1. The van der Waals surface area contributed by atoms with Crippen LogP contribution in [0.1, 0.15) is 80.3 Å². The number of carbonyl (C=O) groups is 3. The van der Waals surface area contributed by atoms with Gasteiger partial charge in [-0.25, -0.2) is 9.59 Å². The van der Waals surface area contributed by atoms with E-state index in [9.17, 15) is 41.1 Å². The van der Waals surface area contributed by atoms with Gasteiger partial charge in [-0.3, -0.25) is 4.79 Å². The van der Waals surface area contributed by atoms with Crippen molar-refractivity contribution in [3.8, 4) is 28.7 Å². The van der Waals surface area contributed by atoms with Gasteiger partial charge >= 0.3 is 27.6 Å². The van der Waals surface area contributed by atoms with E-state index in [2.05, 4.69) is 47.7 Å². The third kappa shape index (κ3) is 10.8. The van der Waals surface area contributed by atoms with E-state index in [1.165, 1.54) is 32.0 Å². The minimum absolute atomic E-state index is 0.0512. The molecule has 326 valence electrons. The van der Waals surface area contributed by atoms with Crippen LogP contribution in [0.3, 0.4) is 0 Å². The Labute approximate surface area is 365 Å². The smallest absolute Gasteiger partial charge is 0.479 e. The van der Waals surface area contributed by atoms with Crippen LogP contribution in [0.4, 0.5) is 13.2 Å². The minimum Gasteiger partial charge on any atom is -0.479 e. The molecule has 0 aliphatic rings. The molecule has 0 saturated heterocycles. The zero-order chi connectivity index (χ0) is 46.1. The number of nitrogens with two attached hydrogens (primary N) is 1. The summed E-state index contributed by atoms with van der Waals surface area (Å²) >= 11 is 3.12. The van der Waals surface area contributed by atoms with Crippen LogP contribution in [-0.2, 0) is 29.2 Å². The number of nitrogens with one attached hydrogen (secondary N) is 1. The second-order valence-corrected chi connectivity index (χ2v) is 18.4. The number of aromatic amines is 1. The first-order chi connectivity index (χ1) is 28.7. The Hall–Kier alpha value is -5.73. The molecule has 4 N–H and O–H groups in total. The maximum absolute atomic E-state index is 12.8. The van der Waals surface area contributed by atoms with Gasteiger partial charge in [0.2, 0.25) is 0 Å². The third-order valence-corrected chi connectivity index (χ3v) is 10.6. The fourth-order valence-corrected chi connectivity index (χ4v) is 7.44. The number of carbonyl (C=O) groups excluding carboxylic acids is 2. The lowest BCUT2D eigenvalue weighted by molar-refractivity contribution is -0.160. The molecule has 16 heteroatoms. The van der Waals surface area contributed by atoms with Crippen LogP contribution in [0.2, 0.25) is 0 Å². The highest BCUT2D eigenvalue weighted by Gasteiger charge is 2.49. The molecule has 6 aromatic rings. The quantitative estimate of drug-likeness (QED) is 0.0316. The highest BCUT2D eigenvalue weighted by molar-refractivity contribution is 9.10. The highest BCUT2D eigenvalue weighted by Crippen LogP contribution is 2.42. The number of aryl methyl sites for hydroxylation is 2. The maximum Gasteiger partial charge on any atom is 0.534 e. The first kappa shape index (κ1) is 47.3. The predicted octanol–water partition coefficient (Wildman–Crippen LogP) is 10.2. The lowest BCUT2D eigenvalue weighted by Gasteiger charge is -2.28. The monoisotopic (exact) mass is 936 g/mol. The van der Waals surface area contributed by atoms with E-state index >= 15 is 0 Å². The first-order valence-corrected chi connectivity index (χ1v) is 21.2. The number of ether oxygens (including phenoxy) is 2. The van der Waals surface area contributed by atoms with E-state index in [0.29, 0.717) is 15.4 Å². The summed E-state index contributed by atoms with van der Waals surface area (Å²) in [4.78, 5) is 40.0. The van der Waals surface area contributed by atoms with Crippen molar-refractivity contribution in [1.29, 1.82) is 0 Å². The molecule has 0 radical (unpaired) electrons. The van der Waals surface area contributed by atoms with Crippen LogP contribution in [-0.4, -0.2) is 59.5 Å². The summed E-state index contributed by atoms with van der Waals surface area (Å²) in [5, 5.41) is 13.5. The number of halogens is 4. The second-order valence-electron chi connectivity index (χ2n) is 15.9. The van der Waals surface area contributed by atoms with Crippen LogP contribution in [0.25, 0.3) is 43.6 Å². The largest absolute Gasteiger partial charge is 0.534 e. The summed E-state index contributed by atoms with van der Waals surface area (Å²) in [6.45, 7) is 13.9. The van der Waals surface area contributed by atoms with Crippen molar-refractivity contribution in [2.24, 2.45) is 5.73 Å². The normalized spacial score (nSPS) is 12.6. The second kappa shape index (κ2) is 17.9. The number of H-pyrrole nitrogens is 1. The van der Waals surface area contributed by atoms with Gasteiger partial charge in [-0.15, -0.1) is 0 Å². The first-order valence-electron chi connectivity index (χ1n) is 19.0. The fraction of sp³-hybridized carbons (Fsp3) is 0.283. The van der Waals surface area contributed by atoms with Crippen LogP contribution in [0, 0.1) is 25.7 Å². The van der Waals surface area contributed by atoms with Gasteiger partial charge in [0.05, 0.1) is 23.3 Å². The van der Waals surface area contributed by atoms with Crippen molar-refractivity contribution >= 4 is 76.2 Å². The molecule has 0 aliphatic carbocycles. The molecule has 5 aromatic carbocycles. The molecule has 0 bridgehead atoms. The predicted molar refractivity (Wildman–Crippen MR) is 235 cm³/mol. The molecule has 0 amide bonds. The van der Waals surface area contributed by atoms with Crippen molar-refractivity contribution in [3.63, 3.8) is 0 Å². The lowest BCUT2D eigenvalue weighted by Crippen LogP contribution is -2.29. The zero-order valence-corrected chi connectivity index (χ0v) is 37.4. The molecule has 6 rings (SSSR count). The Balaban J connectivity index is 0.000000243. The molecule has 0 fully saturated rings. The highest BCUT2D eigenvalue weighted by atomic mass is 79.9. The number of carboxylic acids is 1. The Kier molecular flexibility index (Phi) is 13.7. The maximum atomic E-state index is 12.8. The summed E-state index contributed by atoms with van der Waals surface area (Å²) in [6, 6.07) is 21.9. The van der Waals surface area contributed by atoms with E-state index in [-0.39, 0.29) is 17.6 Å². The van der Waals surface area contributed by atoms with Crippen LogP contribution >= 0.6 is 15.9 Å². The number of aromatic nitrogens is 1. The van der Waals surface area contributed by atoms with Gasteiger partial charge < -0.3 is 29.5 Å². The van der Waals surface area contributed by atoms with Gasteiger partial charge in [0.15, 0.2) is 11.9 Å². The molecule has 1 heterocycles. The molecule has 1 unspecified atom stereocenters. The van der Waals surface area contributed by atoms with Crippen LogP contribution in [0.5, 0.6) is 5.75 Å². The number of esters is 1. The van der Waals surface area contributed by atoms with Crippen molar-refractivity contribution in [2.75, 3.05) is 6.61 Å². The van der Waals surface area contributed by atoms with E-state index in [0.717, 1.165) is 43.9 Å². The number of Topliss-reactive ketones (excluding diaryl/α,β-unsaturated/α-hetero) is 1. The van der Waals surface area contributed by atoms with Crippen molar-refractivity contribution in [2.45, 2.75) is 78.1 Å². The standard InChI is InChI=1S/C30H32N2O3.C16H12BrF3O6S/c1-18-15-21-8-7-19(11-13-30(5,6)31)16-23(21)26(22-10-9-20-12-14-32-24(20)17-22)25(18)27(28(33)34)35-29(2,3)4;1-3-25-15(22)13(21)12-8(2)6-9-4-5-10(17)7-11(9)14(12)26-27(23,24)16(18,19)20/h7-10,12,14-17,27,32H,31H2,1-6H3,(H,33,34);4-7H,3H2,1-2H3. The minimum atomic E-state index is -6.09. The van der Waals surface area contributed by atoms with E-state index in [4.69, 9.17) is 10.5 Å². The lowest BCUT2D eigenvalue weighted by atomic mass is 9.86. The fourth-order valence-electron chi connectivity index (χ4n) is 6.60. The summed E-state index contributed by atoms with van der Waals surface area (Å²) < 4.78 is 76.9. The van der Waals surface area contributed by atoms with Crippen LogP contribution in [0.15, 0.2) is 83.5 Å². The van der Waals surface area contributed by atoms with E-state index < -0.39 is 61.9 Å². The molecule has 0 spiro atoms. The summed E-state index contributed by atoms with van der Waals surface area (Å²) in [6.07, 6.45) is 0.765. The van der Waals surface area contributed by atoms with E-state index in [1.54, 1.807) is 6.07 Å². The Bertz CT molecular complexity index is 2920. The van der Waals surface area contributed by atoms with Crippen molar-refractivity contribution in [1.82, 2.24) is 4.98 Å². The summed E-state index contributed by atoms with van der Waals surface area (Å²) in [5.74, 6) is 1.69. The Morgan fingerprint density at radius 1 is 0.871 bits per heavy atom. The van der Waals surface area contributed by atoms with Crippen molar-refractivity contribution in [3.05, 3.63) is 111 Å². The van der Waals surface area contributed by atoms with Crippen LogP contribution < -0.4 is 9.92 Å². The Morgan fingerprint density at radius 3 is 2.11 bits per heavy atom. The summed E-state index contributed by atoms with van der Waals surface area (Å²) in [5.41, 5.74) is 3.57. The zero-order valence-electron chi connectivity index (χ0n) is 35.0. The molecule has 11 nitrogen and oxygen atoms in total. The van der Waals surface area contributed by atoms with E-state index in [1.807, 2.05) is 90.2 Å². The van der Waals surface area contributed by atoms with Gasteiger partial charge in [-0.2, -0.15) is 21.6 Å². The molecule has 0 aliphatic heterocycles. The number of benzene rings is 5. The Morgan fingerprint density at radius 2 is 1.50 bits per heavy atom. The number of aliphatic carboxylic acids is 1. The average molecular weight is 938 g/mol. The van der Waals surface area contributed by atoms with Gasteiger partial charge in [0.1, 0.15) is 0 Å². The SMILES string of the molecule is CCOC(=O)C(=O)c1c(C)cc2ccc(Br)cc2c1OS(=O)(=O)C(F)(F)F.Cc1cc2ccc(C#CC(C)(C)N)cc2c(-c2ccc3cc[nH]c3c2)c1C(OC(C)(C)C)C(=O)O. The number of hydrogen-bond donors (Lipinski definition) is 3. The molecular formula is C46H44BrF3N2O9S. The van der Waals surface area contributed by atoms with Gasteiger partial charge in [0.25, 0.3) is 5.78 Å². The number of hydrogen-bond acceptors (Lipinski definition) is 9. The number of rotatable bonds is 9. The van der Waals surface area contributed by atoms with Gasteiger partial charge in [-0.05, 0) is 136 Å². The molecule has 0 saturated carbocycles. The van der Waals surface area contributed by atoms with Gasteiger partial charge in [-0.1, -0.05) is 64.2 Å². The topological polar surface area (TPSA) is 175 Å². The summed E-state index contributed by atoms with van der Waals surface area (Å²) in [7, 11) is -6.09. The number of alkyl halides is 3. The molecular weight excluding hydrogens is 893 g/mol. The molecule has 62 heavy (non-hydrogen) atoms.